The predicted molar refractivity (Wildman–Crippen MR) is 71.0 cm³/mol. The van der Waals surface area contributed by atoms with E-state index in [1.54, 1.807) is 11.1 Å². The van der Waals surface area contributed by atoms with Crippen molar-refractivity contribution in [3.8, 4) is 0 Å². The number of nitrogens with one attached hydrogen (secondary N) is 2. The van der Waals surface area contributed by atoms with E-state index in [0.29, 0.717) is 19.6 Å². The molecule has 2 amide bonds. The number of amides is 2. The molecule has 0 unspecified atom stereocenters. The maximum absolute atomic E-state index is 11.5. The molecule has 3 rings (SSSR count). The van der Waals surface area contributed by atoms with Gasteiger partial charge in [0.1, 0.15) is 5.76 Å². The van der Waals surface area contributed by atoms with Crippen molar-refractivity contribution in [2.45, 2.75) is 6.54 Å². The Kier molecular flexibility index (Phi) is 3.06. The summed E-state index contributed by atoms with van der Waals surface area (Å²) >= 11 is 0. The third-order valence-electron chi connectivity index (χ3n) is 2.99. The quantitative estimate of drug-likeness (QED) is 0.877. The SMILES string of the molecule is O=C1NCCN1c1ccc(NCc2cnco2)cc1. The van der Waals surface area contributed by atoms with E-state index in [1.807, 2.05) is 24.3 Å². The number of urea groups is 1. The van der Waals surface area contributed by atoms with Crippen LogP contribution < -0.4 is 15.5 Å². The Hall–Kier alpha value is -2.50. The highest BCUT2D eigenvalue weighted by molar-refractivity contribution is 5.94. The fraction of sp³-hybridized carbons (Fsp3) is 0.231. The number of hydrogen-bond acceptors (Lipinski definition) is 4. The largest absolute Gasteiger partial charge is 0.447 e. The zero-order valence-corrected chi connectivity index (χ0v) is 10.3. The molecule has 1 aromatic heterocycles. The van der Waals surface area contributed by atoms with Gasteiger partial charge in [0.2, 0.25) is 0 Å². The fourth-order valence-electron chi connectivity index (χ4n) is 2.00. The monoisotopic (exact) mass is 258 g/mol. The molecule has 1 saturated heterocycles. The minimum Gasteiger partial charge on any atom is -0.447 e. The zero-order chi connectivity index (χ0) is 13.1. The van der Waals surface area contributed by atoms with Crippen LogP contribution in [0.25, 0.3) is 0 Å². The summed E-state index contributed by atoms with van der Waals surface area (Å²) in [5.74, 6) is 0.781. The van der Waals surface area contributed by atoms with Crippen LogP contribution >= 0.6 is 0 Å². The lowest BCUT2D eigenvalue weighted by Gasteiger charge is -2.14. The first kappa shape index (κ1) is 11.6. The molecule has 6 heteroatoms. The van der Waals surface area contributed by atoms with Crippen LogP contribution in [-0.4, -0.2) is 24.1 Å². The van der Waals surface area contributed by atoms with Crippen LogP contribution in [0.5, 0.6) is 0 Å². The summed E-state index contributed by atoms with van der Waals surface area (Å²) in [6.07, 6.45) is 3.09. The van der Waals surface area contributed by atoms with Crippen molar-refractivity contribution in [3.63, 3.8) is 0 Å². The second-order valence-corrected chi connectivity index (χ2v) is 4.25. The highest BCUT2D eigenvalue weighted by atomic mass is 16.3. The summed E-state index contributed by atoms with van der Waals surface area (Å²) in [7, 11) is 0. The molecule has 1 fully saturated rings. The van der Waals surface area contributed by atoms with Gasteiger partial charge in [0.25, 0.3) is 0 Å². The molecule has 2 N–H and O–H groups in total. The highest BCUT2D eigenvalue weighted by Crippen LogP contribution is 2.19. The number of carbonyl (C=O) groups excluding carboxylic acids is 1. The molecule has 0 atom stereocenters. The first-order chi connectivity index (χ1) is 9.33. The molecule has 1 aliphatic heterocycles. The molecule has 19 heavy (non-hydrogen) atoms. The first-order valence-corrected chi connectivity index (χ1v) is 6.09. The minimum atomic E-state index is -0.0395. The molecule has 2 heterocycles. The predicted octanol–water partition coefficient (Wildman–Crippen LogP) is 1.82. The van der Waals surface area contributed by atoms with Crippen LogP contribution in [0.3, 0.4) is 0 Å². The van der Waals surface area contributed by atoms with E-state index >= 15 is 0 Å². The van der Waals surface area contributed by atoms with Crippen LogP contribution in [0, 0.1) is 0 Å². The van der Waals surface area contributed by atoms with Gasteiger partial charge in [0.15, 0.2) is 6.39 Å². The van der Waals surface area contributed by atoms with Crippen molar-refractivity contribution in [2.75, 3.05) is 23.3 Å². The van der Waals surface area contributed by atoms with Gasteiger partial charge >= 0.3 is 6.03 Å². The zero-order valence-electron chi connectivity index (χ0n) is 10.3. The maximum Gasteiger partial charge on any atom is 0.321 e. The molecular formula is C13H14N4O2. The average molecular weight is 258 g/mol. The Morgan fingerprint density at radius 3 is 2.84 bits per heavy atom. The Balaban J connectivity index is 1.64. The molecule has 0 bridgehead atoms. The first-order valence-electron chi connectivity index (χ1n) is 6.09. The average Bonchev–Trinajstić information content (AvgIpc) is 3.08. The Bertz CT molecular complexity index is 551. The second kappa shape index (κ2) is 5.01. The molecule has 0 aliphatic carbocycles. The summed E-state index contributed by atoms with van der Waals surface area (Å²) in [6, 6.07) is 7.69. The van der Waals surface area contributed by atoms with E-state index in [-0.39, 0.29) is 6.03 Å². The minimum absolute atomic E-state index is 0.0395. The van der Waals surface area contributed by atoms with E-state index in [4.69, 9.17) is 4.42 Å². The standard InChI is InChI=1S/C13H14N4O2/c18-13-15-5-6-17(13)11-3-1-10(2-4-11)16-8-12-7-14-9-19-12/h1-4,7,9,16H,5-6,8H2,(H,15,18). The molecule has 2 aromatic rings. The van der Waals surface area contributed by atoms with E-state index in [2.05, 4.69) is 15.6 Å². The van der Waals surface area contributed by atoms with Crippen LogP contribution in [0.15, 0.2) is 41.3 Å². The van der Waals surface area contributed by atoms with Crippen LogP contribution in [0.2, 0.25) is 0 Å². The number of carbonyl (C=O) groups is 1. The molecule has 6 nitrogen and oxygen atoms in total. The Morgan fingerprint density at radius 1 is 1.37 bits per heavy atom. The molecule has 0 saturated carbocycles. The van der Waals surface area contributed by atoms with Crippen molar-refractivity contribution in [3.05, 3.63) is 42.6 Å². The van der Waals surface area contributed by atoms with Crippen molar-refractivity contribution >= 4 is 17.4 Å². The van der Waals surface area contributed by atoms with Gasteiger partial charge in [0.05, 0.1) is 12.7 Å². The van der Waals surface area contributed by atoms with Crippen LogP contribution in [-0.2, 0) is 6.54 Å². The summed E-state index contributed by atoms with van der Waals surface area (Å²) in [5.41, 5.74) is 1.87. The number of anilines is 2. The van der Waals surface area contributed by atoms with E-state index < -0.39 is 0 Å². The summed E-state index contributed by atoms with van der Waals surface area (Å²) in [4.78, 5) is 17.1. The van der Waals surface area contributed by atoms with Gasteiger partial charge in [0, 0.05) is 24.5 Å². The lowest BCUT2D eigenvalue weighted by atomic mass is 10.2. The van der Waals surface area contributed by atoms with E-state index in [9.17, 15) is 4.79 Å². The third kappa shape index (κ3) is 2.52. The Morgan fingerprint density at radius 2 is 2.21 bits per heavy atom. The normalized spacial score (nSPS) is 14.5. The number of aromatic nitrogens is 1. The molecule has 0 spiro atoms. The second-order valence-electron chi connectivity index (χ2n) is 4.25. The van der Waals surface area contributed by atoms with Crippen molar-refractivity contribution in [1.82, 2.24) is 10.3 Å². The number of nitrogens with zero attached hydrogens (tertiary/aromatic N) is 2. The van der Waals surface area contributed by atoms with E-state index in [1.165, 1.54) is 6.39 Å². The highest BCUT2D eigenvalue weighted by Gasteiger charge is 2.20. The summed E-state index contributed by atoms with van der Waals surface area (Å²) in [6.45, 7) is 2.00. The Labute approximate surface area is 110 Å². The number of rotatable bonds is 4. The van der Waals surface area contributed by atoms with Gasteiger partial charge in [-0.15, -0.1) is 0 Å². The van der Waals surface area contributed by atoms with Crippen molar-refractivity contribution < 1.29 is 9.21 Å². The molecule has 0 radical (unpaired) electrons. The van der Waals surface area contributed by atoms with Gasteiger partial charge in [-0.2, -0.15) is 0 Å². The molecule has 1 aliphatic rings. The molecule has 1 aromatic carbocycles. The van der Waals surface area contributed by atoms with Gasteiger partial charge in [-0.25, -0.2) is 9.78 Å². The van der Waals surface area contributed by atoms with Gasteiger partial charge in [-0.3, -0.25) is 4.90 Å². The van der Waals surface area contributed by atoms with Crippen LogP contribution in [0.4, 0.5) is 16.2 Å². The fourth-order valence-corrected chi connectivity index (χ4v) is 2.00. The topological polar surface area (TPSA) is 70.4 Å². The van der Waals surface area contributed by atoms with E-state index in [0.717, 1.165) is 17.1 Å². The summed E-state index contributed by atoms with van der Waals surface area (Å²) < 4.78 is 5.14. The molecule has 98 valence electrons. The summed E-state index contributed by atoms with van der Waals surface area (Å²) in [5, 5.41) is 6.00. The van der Waals surface area contributed by atoms with Gasteiger partial charge < -0.3 is 15.1 Å². The van der Waals surface area contributed by atoms with Crippen molar-refractivity contribution in [2.24, 2.45) is 0 Å². The van der Waals surface area contributed by atoms with Crippen molar-refractivity contribution in [1.29, 1.82) is 0 Å². The van der Waals surface area contributed by atoms with Crippen LogP contribution in [0.1, 0.15) is 5.76 Å². The lowest BCUT2D eigenvalue weighted by Crippen LogP contribution is -2.27. The van der Waals surface area contributed by atoms with Gasteiger partial charge in [-0.05, 0) is 24.3 Å². The number of oxazole rings is 1. The number of hydrogen-bond donors (Lipinski definition) is 2. The maximum atomic E-state index is 11.5. The lowest BCUT2D eigenvalue weighted by molar-refractivity contribution is 0.252. The molecular weight excluding hydrogens is 244 g/mol. The third-order valence-corrected chi connectivity index (χ3v) is 2.99. The van der Waals surface area contributed by atoms with Gasteiger partial charge in [-0.1, -0.05) is 0 Å². The smallest absolute Gasteiger partial charge is 0.321 e. The number of benzene rings is 1.